The minimum Gasteiger partial charge on any atom is -0.377 e. The van der Waals surface area contributed by atoms with Gasteiger partial charge >= 0.3 is 0 Å². The summed E-state index contributed by atoms with van der Waals surface area (Å²) in [6.45, 7) is 7.33. The van der Waals surface area contributed by atoms with Crippen molar-refractivity contribution in [3.8, 4) is 0 Å². The smallest absolute Gasteiger partial charge is 0.0967 e. The molecule has 1 aliphatic heterocycles. The van der Waals surface area contributed by atoms with Crippen LogP contribution in [0.25, 0.3) is 0 Å². The van der Waals surface area contributed by atoms with Gasteiger partial charge in [0.25, 0.3) is 0 Å². The zero-order chi connectivity index (χ0) is 13.5. The summed E-state index contributed by atoms with van der Waals surface area (Å²) >= 11 is 0. The average Bonchev–Trinajstić information content (AvgIpc) is 2.85. The van der Waals surface area contributed by atoms with Crippen LogP contribution in [0.4, 0.5) is 0 Å². The highest BCUT2D eigenvalue weighted by atomic mass is 16.5. The second-order valence-corrected chi connectivity index (χ2v) is 5.13. The average molecular weight is 267 g/mol. The standard InChI is InChI=1S/C13H25N5O/c1-2-8-19-13-4-3-6-17(11-13)9-12-10-18(7-5-14)16-15-12/h10,13H,2-9,11,14H2,1H3. The highest BCUT2D eigenvalue weighted by molar-refractivity contribution is 4.93. The lowest BCUT2D eigenvalue weighted by Crippen LogP contribution is -2.39. The van der Waals surface area contributed by atoms with Gasteiger partial charge in [-0.05, 0) is 25.8 Å². The van der Waals surface area contributed by atoms with Crippen LogP contribution >= 0.6 is 0 Å². The third kappa shape index (κ3) is 4.56. The number of hydrogen-bond acceptors (Lipinski definition) is 5. The Morgan fingerprint density at radius 3 is 3.21 bits per heavy atom. The molecule has 2 rings (SSSR count). The third-order valence-corrected chi connectivity index (χ3v) is 3.35. The number of aromatic nitrogens is 3. The molecule has 1 atom stereocenters. The van der Waals surface area contributed by atoms with Crippen molar-refractivity contribution in [1.29, 1.82) is 0 Å². The highest BCUT2D eigenvalue weighted by Gasteiger charge is 2.20. The molecule has 0 saturated carbocycles. The van der Waals surface area contributed by atoms with Crippen molar-refractivity contribution in [3.63, 3.8) is 0 Å². The van der Waals surface area contributed by atoms with Crippen molar-refractivity contribution in [2.45, 2.75) is 45.4 Å². The summed E-state index contributed by atoms with van der Waals surface area (Å²) in [7, 11) is 0. The first-order valence-corrected chi connectivity index (χ1v) is 7.25. The maximum absolute atomic E-state index is 5.84. The number of ether oxygens (including phenoxy) is 1. The van der Waals surface area contributed by atoms with E-state index in [0.717, 1.165) is 44.9 Å². The van der Waals surface area contributed by atoms with Crippen LogP contribution in [0.5, 0.6) is 0 Å². The predicted molar refractivity (Wildman–Crippen MR) is 73.6 cm³/mol. The van der Waals surface area contributed by atoms with Crippen molar-refractivity contribution < 1.29 is 4.74 Å². The maximum Gasteiger partial charge on any atom is 0.0967 e. The first-order valence-electron chi connectivity index (χ1n) is 7.25. The Balaban J connectivity index is 1.80. The van der Waals surface area contributed by atoms with Crippen molar-refractivity contribution in [2.75, 3.05) is 26.2 Å². The van der Waals surface area contributed by atoms with E-state index in [2.05, 4.69) is 22.1 Å². The molecule has 2 heterocycles. The van der Waals surface area contributed by atoms with Crippen LogP contribution < -0.4 is 5.73 Å². The molecule has 1 saturated heterocycles. The topological polar surface area (TPSA) is 69.2 Å². The second-order valence-electron chi connectivity index (χ2n) is 5.13. The summed E-state index contributed by atoms with van der Waals surface area (Å²) in [5.74, 6) is 0. The lowest BCUT2D eigenvalue weighted by molar-refractivity contribution is -0.00253. The van der Waals surface area contributed by atoms with Gasteiger partial charge < -0.3 is 10.5 Å². The Morgan fingerprint density at radius 2 is 2.42 bits per heavy atom. The molecule has 0 amide bonds. The number of rotatable bonds is 7. The zero-order valence-corrected chi connectivity index (χ0v) is 11.8. The van der Waals surface area contributed by atoms with Crippen molar-refractivity contribution in [2.24, 2.45) is 5.73 Å². The number of likely N-dealkylation sites (tertiary alicyclic amines) is 1. The molecule has 6 heteroatoms. The first-order chi connectivity index (χ1) is 9.31. The van der Waals surface area contributed by atoms with Gasteiger partial charge in [0.05, 0.1) is 18.3 Å². The van der Waals surface area contributed by atoms with Gasteiger partial charge in [-0.15, -0.1) is 5.10 Å². The monoisotopic (exact) mass is 267 g/mol. The van der Waals surface area contributed by atoms with E-state index in [1.54, 1.807) is 0 Å². The molecule has 0 radical (unpaired) electrons. The maximum atomic E-state index is 5.84. The van der Waals surface area contributed by atoms with Gasteiger partial charge in [0.1, 0.15) is 0 Å². The van der Waals surface area contributed by atoms with E-state index in [1.165, 1.54) is 12.8 Å². The Labute approximate surface area is 114 Å². The zero-order valence-electron chi connectivity index (χ0n) is 11.8. The largest absolute Gasteiger partial charge is 0.377 e. The Hall–Kier alpha value is -0.980. The van der Waals surface area contributed by atoms with E-state index in [4.69, 9.17) is 10.5 Å². The van der Waals surface area contributed by atoms with Gasteiger partial charge in [-0.2, -0.15) is 0 Å². The molecule has 1 aromatic heterocycles. The van der Waals surface area contributed by atoms with Crippen LogP contribution in [-0.4, -0.2) is 52.2 Å². The summed E-state index contributed by atoms with van der Waals surface area (Å²) in [5, 5.41) is 8.26. The number of nitrogens with zero attached hydrogens (tertiary/aromatic N) is 4. The molecule has 1 aliphatic rings. The van der Waals surface area contributed by atoms with Gasteiger partial charge in [0.15, 0.2) is 0 Å². The van der Waals surface area contributed by atoms with Crippen LogP contribution in [0.3, 0.4) is 0 Å². The van der Waals surface area contributed by atoms with E-state index in [0.29, 0.717) is 12.6 Å². The van der Waals surface area contributed by atoms with Gasteiger partial charge in [-0.25, -0.2) is 0 Å². The molecular weight excluding hydrogens is 242 g/mol. The lowest BCUT2D eigenvalue weighted by atomic mass is 10.1. The summed E-state index contributed by atoms with van der Waals surface area (Å²) in [6, 6.07) is 0. The number of nitrogens with two attached hydrogens (primary N) is 1. The van der Waals surface area contributed by atoms with Crippen LogP contribution in [0.1, 0.15) is 31.9 Å². The molecule has 1 unspecified atom stereocenters. The summed E-state index contributed by atoms with van der Waals surface area (Å²) in [5.41, 5.74) is 6.52. The van der Waals surface area contributed by atoms with Crippen LogP contribution in [0.2, 0.25) is 0 Å². The molecule has 0 spiro atoms. The van der Waals surface area contributed by atoms with E-state index in [-0.39, 0.29) is 0 Å². The lowest BCUT2D eigenvalue weighted by Gasteiger charge is -2.31. The Morgan fingerprint density at radius 1 is 1.53 bits per heavy atom. The Kier molecular flexibility index (Phi) is 5.75. The molecule has 0 bridgehead atoms. The summed E-state index contributed by atoms with van der Waals surface area (Å²) < 4.78 is 7.65. The number of piperidine rings is 1. The summed E-state index contributed by atoms with van der Waals surface area (Å²) in [4.78, 5) is 2.40. The van der Waals surface area contributed by atoms with Crippen molar-refractivity contribution in [1.82, 2.24) is 19.9 Å². The quantitative estimate of drug-likeness (QED) is 0.784. The molecule has 1 fully saturated rings. The summed E-state index contributed by atoms with van der Waals surface area (Å²) in [6.07, 6.45) is 5.84. The minimum atomic E-state index is 0.382. The molecular formula is C13H25N5O. The normalized spacial score (nSPS) is 20.8. The van der Waals surface area contributed by atoms with Crippen LogP contribution in [-0.2, 0) is 17.8 Å². The second kappa shape index (κ2) is 7.57. The first kappa shape index (κ1) is 14.4. The Bertz CT molecular complexity index is 368. The highest BCUT2D eigenvalue weighted by Crippen LogP contribution is 2.15. The molecule has 1 aromatic rings. The molecule has 2 N–H and O–H groups in total. The van der Waals surface area contributed by atoms with Gasteiger partial charge in [0.2, 0.25) is 0 Å². The molecule has 19 heavy (non-hydrogen) atoms. The van der Waals surface area contributed by atoms with E-state index in [9.17, 15) is 0 Å². The van der Waals surface area contributed by atoms with Crippen molar-refractivity contribution >= 4 is 0 Å². The minimum absolute atomic E-state index is 0.382. The van der Waals surface area contributed by atoms with Gasteiger partial charge in [0, 0.05) is 32.4 Å². The molecule has 108 valence electrons. The SMILES string of the molecule is CCCOC1CCCN(Cc2cn(CCN)nn2)C1. The van der Waals surface area contributed by atoms with E-state index in [1.807, 2.05) is 10.9 Å². The van der Waals surface area contributed by atoms with Crippen LogP contribution in [0, 0.1) is 0 Å². The molecule has 6 nitrogen and oxygen atoms in total. The van der Waals surface area contributed by atoms with Crippen LogP contribution in [0.15, 0.2) is 6.20 Å². The molecule has 0 aliphatic carbocycles. The van der Waals surface area contributed by atoms with E-state index >= 15 is 0 Å². The fraction of sp³-hybridized carbons (Fsp3) is 0.846. The number of hydrogen-bond donors (Lipinski definition) is 1. The van der Waals surface area contributed by atoms with E-state index < -0.39 is 0 Å². The molecule has 0 aromatic carbocycles. The fourth-order valence-electron chi connectivity index (χ4n) is 2.46. The van der Waals surface area contributed by atoms with Gasteiger partial charge in [-0.1, -0.05) is 12.1 Å². The fourth-order valence-corrected chi connectivity index (χ4v) is 2.46. The van der Waals surface area contributed by atoms with Gasteiger partial charge in [-0.3, -0.25) is 9.58 Å². The predicted octanol–water partition coefficient (Wildman–Crippen LogP) is 0.628. The van der Waals surface area contributed by atoms with Crippen molar-refractivity contribution in [3.05, 3.63) is 11.9 Å². The third-order valence-electron chi connectivity index (χ3n) is 3.35.